The second-order valence-electron chi connectivity index (χ2n) is 4.49. The summed E-state index contributed by atoms with van der Waals surface area (Å²) in [5.41, 5.74) is 7.23. The third-order valence-corrected chi connectivity index (χ3v) is 3.13. The number of hydrogen-bond donors (Lipinski definition) is 1. The Hall–Kier alpha value is -2.75. The molecule has 1 heterocycles. The van der Waals surface area contributed by atoms with Crippen molar-refractivity contribution in [2.45, 2.75) is 6.61 Å². The van der Waals surface area contributed by atoms with Gasteiger partial charge in [-0.3, -0.25) is 0 Å². The molecule has 0 saturated heterocycles. The standard InChI is InChI=1S/C16H14N2O2/c17-16(19)18-14-9-5-4-8-13(14)10-15(18)20-11-12-6-2-1-3-7-12/h1-10H,11H2,(H2,17,19). The molecule has 4 heteroatoms. The zero-order chi connectivity index (χ0) is 13.9. The smallest absolute Gasteiger partial charge is 0.326 e. The molecule has 0 unspecified atom stereocenters. The molecule has 1 aromatic heterocycles. The monoisotopic (exact) mass is 266 g/mol. The van der Waals surface area contributed by atoms with E-state index in [1.165, 1.54) is 4.57 Å². The van der Waals surface area contributed by atoms with Crippen molar-refractivity contribution < 1.29 is 9.53 Å². The molecule has 0 atom stereocenters. The number of primary amides is 1. The molecular weight excluding hydrogens is 252 g/mol. The second-order valence-corrected chi connectivity index (χ2v) is 4.49. The minimum absolute atomic E-state index is 0.393. The van der Waals surface area contributed by atoms with Gasteiger partial charge in [0.05, 0.1) is 5.52 Å². The van der Waals surface area contributed by atoms with Gasteiger partial charge in [-0.05, 0) is 11.6 Å². The van der Waals surface area contributed by atoms with E-state index in [1.54, 1.807) is 0 Å². The van der Waals surface area contributed by atoms with Gasteiger partial charge in [0.25, 0.3) is 0 Å². The molecule has 1 amide bonds. The molecule has 3 aromatic rings. The average Bonchev–Trinajstić information content (AvgIpc) is 2.84. The highest BCUT2D eigenvalue weighted by atomic mass is 16.5. The molecule has 0 aliphatic rings. The molecule has 3 rings (SSSR count). The summed E-state index contributed by atoms with van der Waals surface area (Å²) < 4.78 is 7.12. The topological polar surface area (TPSA) is 57.2 Å². The van der Waals surface area contributed by atoms with Crippen LogP contribution in [0.4, 0.5) is 4.79 Å². The predicted octanol–water partition coefficient (Wildman–Crippen LogP) is 3.15. The lowest BCUT2D eigenvalue weighted by Gasteiger charge is -2.08. The minimum atomic E-state index is -0.547. The lowest BCUT2D eigenvalue weighted by atomic mass is 10.2. The van der Waals surface area contributed by atoms with Gasteiger partial charge in [0.15, 0.2) is 0 Å². The van der Waals surface area contributed by atoms with Crippen LogP contribution in [0.1, 0.15) is 5.56 Å². The van der Waals surface area contributed by atoms with Crippen LogP contribution in [0.15, 0.2) is 60.7 Å². The lowest BCUT2D eigenvalue weighted by molar-refractivity contribution is 0.241. The number of hydrogen-bond acceptors (Lipinski definition) is 2. The van der Waals surface area contributed by atoms with Gasteiger partial charge in [-0.15, -0.1) is 0 Å². The number of benzene rings is 2. The zero-order valence-electron chi connectivity index (χ0n) is 10.8. The van der Waals surface area contributed by atoms with Crippen molar-refractivity contribution in [3.8, 4) is 5.88 Å². The highest BCUT2D eigenvalue weighted by Gasteiger charge is 2.13. The largest absolute Gasteiger partial charge is 0.474 e. The molecule has 4 nitrogen and oxygen atoms in total. The predicted molar refractivity (Wildman–Crippen MR) is 77.7 cm³/mol. The summed E-state index contributed by atoms with van der Waals surface area (Å²) in [6.45, 7) is 0.393. The molecule has 0 spiro atoms. The van der Waals surface area contributed by atoms with Crippen LogP contribution in [0.5, 0.6) is 5.88 Å². The van der Waals surface area contributed by atoms with Crippen LogP contribution >= 0.6 is 0 Å². The van der Waals surface area contributed by atoms with Gasteiger partial charge < -0.3 is 10.5 Å². The van der Waals surface area contributed by atoms with Crippen LogP contribution in [0.25, 0.3) is 10.9 Å². The summed E-state index contributed by atoms with van der Waals surface area (Å²) in [4.78, 5) is 11.6. The summed E-state index contributed by atoms with van der Waals surface area (Å²) in [5, 5.41) is 0.925. The Labute approximate surface area is 116 Å². The molecule has 2 aromatic carbocycles. The Morgan fingerprint density at radius 1 is 1.05 bits per heavy atom. The van der Waals surface area contributed by atoms with Crippen LogP contribution < -0.4 is 10.5 Å². The first kappa shape index (κ1) is 12.3. The maximum Gasteiger partial charge on any atom is 0.326 e. The van der Waals surface area contributed by atoms with Crippen molar-refractivity contribution in [1.29, 1.82) is 0 Å². The number of nitrogens with two attached hydrogens (primary N) is 1. The van der Waals surface area contributed by atoms with Crippen LogP contribution in [0.2, 0.25) is 0 Å². The molecular formula is C16H14N2O2. The Kier molecular flexibility index (Phi) is 3.13. The van der Waals surface area contributed by atoms with Crippen LogP contribution in [-0.4, -0.2) is 10.6 Å². The normalized spacial score (nSPS) is 10.6. The van der Waals surface area contributed by atoms with Gasteiger partial charge in [0.1, 0.15) is 6.61 Å². The van der Waals surface area contributed by atoms with Crippen LogP contribution in [-0.2, 0) is 6.61 Å². The van der Waals surface area contributed by atoms with E-state index in [-0.39, 0.29) is 0 Å². The molecule has 20 heavy (non-hydrogen) atoms. The van der Waals surface area contributed by atoms with E-state index in [1.807, 2.05) is 60.7 Å². The maximum atomic E-state index is 11.6. The van der Waals surface area contributed by atoms with E-state index in [4.69, 9.17) is 10.5 Å². The number of ether oxygens (including phenoxy) is 1. The Bertz CT molecular complexity index is 748. The zero-order valence-corrected chi connectivity index (χ0v) is 10.8. The van der Waals surface area contributed by atoms with Gasteiger partial charge in [0.2, 0.25) is 5.88 Å². The first-order valence-electron chi connectivity index (χ1n) is 6.33. The van der Waals surface area contributed by atoms with Crippen molar-refractivity contribution in [2.75, 3.05) is 0 Å². The Morgan fingerprint density at radius 3 is 2.50 bits per heavy atom. The van der Waals surface area contributed by atoms with Crippen molar-refractivity contribution in [3.63, 3.8) is 0 Å². The fraction of sp³-hybridized carbons (Fsp3) is 0.0625. The summed E-state index contributed by atoms with van der Waals surface area (Å²) in [5.74, 6) is 0.461. The molecule has 2 N–H and O–H groups in total. The van der Waals surface area contributed by atoms with E-state index in [0.29, 0.717) is 12.5 Å². The average molecular weight is 266 g/mol. The summed E-state index contributed by atoms with van der Waals surface area (Å²) in [7, 11) is 0. The van der Waals surface area contributed by atoms with Gasteiger partial charge in [-0.1, -0.05) is 48.5 Å². The number of aromatic nitrogens is 1. The van der Waals surface area contributed by atoms with E-state index >= 15 is 0 Å². The number of para-hydroxylation sites is 1. The molecule has 0 fully saturated rings. The highest BCUT2D eigenvalue weighted by Crippen LogP contribution is 2.25. The van der Waals surface area contributed by atoms with E-state index in [9.17, 15) is 4.79 Å². The fourth-order valence-corrected chi connectivity index (χ4v) is 2.19. The summed E-state index contributed by atoms with van der Waals surface area (Å²) >= 11 is 0. The van der Waals surface area contributed by atoms with E-state index in [2.05, 4.69) is 0 Å². The highest BCUT2D eigenvalue weighted by molar-refractivity contribution is 5.93. The molecule has 0 radical (unpaired) electrons. The van der Waals surface area contributed by atoms with Crippen LogP contribution in [0, 0.1) is 0 Å². The number of carbonyl (C=O) groups is 1. The minimum Gasteiger partial charge on any atom is -0.474 e. The van der Waals surface area contributed by atoms with Crippen LogP contribution in [0.3, 0.4) is 0 Å². The number of fused-ring (bicyclic) bond motifs is 1. The van der Waals surface area contributed by atoms with Gasteiger partial charge in [-0.25, -0.2) is 9.36 Å². The van der Waals surface area contributed by atoms with Gasteiger partial charge in [0, 0.05) is 11.5 Å². The first-order valence-corrected chi connectivity index (χ1v) is 6.33. The number of carbonyl (C=O) groups excluding carboxylic acids is 1. The SMILES string of the molecule is NC(=O)n1c(OCc2ccccc2)cc2ccccc21. The van der Waals surface area contributed by atoms with E-state index in [0.717, 1.165) is 16.5 Å². The summed E-state index contributed by atoms with van der Waals surface area (Å²) in [6, 6.07) is 18.6. The summed E-state index contributed by atoms with van der Waals surface area (Å²) in [6.07, 6.45) is 0. The number of nitrogens with zero attached hydrogens (tertiary/aromatic N) is 1. The lowest BCUT2D eigenvalue weighted by Crippen LogP contribution is -2.20. The molecule has 0 bridgehead atoms. The Morgan fingerprint density at radius 2 is 1.75 bits per heavy atom. The van der Waals surface area contributed by atoms with Gasteiger partial charge >= 0.3 is 6.03 Å². The van der Waals surface area contributed by atoms with E-state index < -0.39 is 6.03 Å². The fourth-order valence-electron chi connectivity index (χ4n) is 2.19. The van der Waals surface area contributed by atoms with Crippen molar-refractivity contribution in [1.82, 2.24) is 4.57 Å². The van der Waals surface area contributed by atoms with Crippen molar-refractivity contribution >= 4 is 16.9 Å². The van der Waals surface area contributed by atoms with Gasteiger partial charge in [-0.2, -0.15) is 0 Å². The Balaban J connectivity index is 1.95. The molecule has 0 aliphatic carbocycles. The molecule has 0 saturated carbocycles. The number of rotatable bonds is 3. The molecule has 100 valence electrons. The first-order chi connectivity index (χ1) is 9.75. The van der Waals surface area contributed by atoms with Crippen molar-refractivity contribution in [3.05, 3.63) is 66.2 Å². The third-order valence-electron chi connectivity index (χ3n) is 3.13. The van der Waals surface area contributed by atoms with Crippen molar-refractivity contribution in [2.24, 2.45) is 5.73 Å². The third kappa shape index (κ3) is 2.23. The maximum absolute atomic E-state index is 11.6. The number of amides is 1. The second kappa shape index (κ2) is 5.09. The quantitative estimate of drug-likeness (QED) is 0.791. The molecule has 0 aliphatic heterocycles.